The summed E-state index contributed by atoms with van der Waals surface area (Å²) in [6.45, 7) is -0.221. The molecule has 9 heteroatoms. The highest BCUT2D eigenvalue weighted by Gasteiger charge is 2.14. The Hall–Kier alpha value is -2.41. The first-order valence-corrected chi connectivity index (χ1v) is 8.74. The summed E-state index contributed by atoms with van der Waals surface area (Å²) in [4.78, 5) is 12.4. The van der Waals surface area contributed by atoms with Crippen LogP contribution in [0.3, 0.4) is 0 Å². The molecule has 2 aromatic rings. The molecule has 0 saturated carbocycles. The van der Waals surface area contributed by atoms with E-state index in [0.29, 0.717) is 5.56 Å². The average molecular weight is 441 g/mol. The van der Waals surface area contributed by atoms with Gasteiger partial charge >= 0.3 is 0 Å². The zero-order chi connectivity index (χ0) is 20.0. The molecule has 1 N–H and O–H groups in total. The lowest BCUT2D eigenvalue weighted by molar-refractivity contribution is -0.112. The first-order chi connectivity index (χ1) is 12.9. The number of halogens is 4. The van der Waals surface area contributed by atoms with E-state index in [-0.39, 0.29) is 43.7 Å². The van der Waals surface area contributed by atoms with E-state index in [1.165, 1.54) is 18.2 Å². The summed E-state index contributed by atoms with van der Waals surface area (Å²) in [5, 5.41) is 21.1. The summed E-state index contributed by atoms with van der Waals surface area (Å²) >= 11 is 24.1. The zero-order valence-corrected chi connectivity index (χ0v) is 16.4. The fourth-order valence-corrected chi connectivity index (χ4v) is 2.97. The van der Waals surface area contributed by atoms with Gasteiger partial charge in [-0.15, -0.1) is 0 Å². The summed E-state index contributed by atoms with van der Waals surface area (Å²) in [7, 11) is 0. The number of hydrogen-bond donors (Lipinski definition) is 1. The summed E-state index contributed by atoms with van der Waals surface area (Å²) in [5.41, 5.74) is 0.466. The highest BCUT2D eigenvalue weighted by molar-refractivity contribution is 6.44. The van der Waals surface area contributed by atoms with Crippen LogP contribution in [0.1, 0.15) is 5.56 Å². The largest absolute Gasteiger partial charge is 0.476 e. The van der Waals surface area contributed by atoms with Crippen LogP contribution in [0.4, 0.5) is 5.69 Å². The normalized spacial score (nSPS) is 10.7. The molecule has 0 saturated heterocycles. The van der Waals surface area contributed by atoms with E-state index in [1.54, 1.807) is 30.3 Å². The fourth-order valence-electron chi connectivity index (χ4n) is 2.01. The zero-order valence-electron chi connectivity index (χ0n) is 13.4. The number of nitriles is 2. The Bertz CT molecular complexity index is 984. The fraction of sp³-hybridized carbons (Fsp3) is 0.0556. The Labute approximate surface area is 175 Å². The molecule has 0 atom stereocenters. The third kappa shape index (κ3) is 5.29. The van der Waals surface area contributed by atoms with Crippen molar-refractivity contribution in [2.24, 2.45) is 0 Å². The number of carbonyl (C=O) groups is 1. The molecule has 0 aliphatic heterocycles. The summed E-state index contributed by atoms with van der Waals surface area (Å²) in [6.07, 6.45) is 1.31. The maximum atomic E-state index is 12.4. The SMILES string of the molecule is N#CCOc1c(Cl)cc(/C=C(/C#N)C(=O)Nc2cccc(Cl)c2Cl)cc1Cl. The Morgan fingerprint density at radius 3 is 2.37 bits per heavy atom. The second-order valence-electron chi connectivity index (χ2n) is 4.99. The molecule has 0 fully saturated rings. The van der Waals surface area contributed by atoms with Crippen molar-refractivity contribution in [1.82, 2.24) is 0 Å². The number of benzene rings is 2. The van der Waals surface area contributed by atoms with Crippen LogP contribution in [0.5, 0.6) is 5.75 Å². The Morgan fingerprint density at radius 1 is 1.11 bits per heavy atom. The minimum atomic E-state index is -0.682. The topological polar surface area (TPSA) is 85.9 Å². The van der Waals surface area contributed by atoms with Gasteiger partial charge < -0.3 is 10.1 Å². The molecule has 0 aromatic heterocycles. The lowest BCUT2D eigenvalue weighted by Crippen LogP contribution is -2.13. The van der Waals surface area contributed by atoms with Crippen molar-refractivity contribution < 1.29 is 9.53 Å². The minimum absolute atomic E-state index is 0.139. The van der Waals surface area contributed by atoms with Crippen LogP contribution in [0.25, 0.3) is 6.08 Å². The van der Waals surface area contributed by atoms with Gasteiger partial charge in [-0.3, -0.25) is 4.79 Å². The lowest BCUT2D eigenvalue weighted by Gasteiger charge is -2.09. The van der Waals surface area contributed by atoms with E-state index in [1.807, 2.05) is 0 Å². The van der Waals surface area contributed by atoms with E-state index in [9.17, 15) is 10.1 Å². The van der Waals surface area contributed by atoms with Crippen LogP contribution >= 0.6 is 46.4 Å². The number of carbonyl (C=O) groups excluding carboxylic acids is 1. The highest BCUT2D eigenvalue weighted by atomic mass is 35.5. The standard InChI is InChI=1S/C18H9Cl4N3O2/c19-12-2-1-3-15(16(12)22)25-18(26)11(9-24)6-10-7-13(20)17(14(21)8-10)27-5-4-23/h1-3,6-8H,5H2,(H,25,26)/b11-6-. The van der Waals surface area contributed by atoms with Crippen molar-refractivity contribution in [2.45, 2.75) is 0 Å². The average Bonchev–Trinajstić information content (AvgIpc) is 2.62. The number of rotatable bonds is 5. The minimum Gasteiger partial charge on any atom is -0.476 e. The second kappa shape index (κ2) is 9.50. The van der Waals surface area contributed by atoms with Crippen LogP contribution in [0, 0.1) is 22.7 Å². The number of anilines is 1. The van der Waals surface area contributed by atoms with E-state index in [0.717, 1.165) is 0 Å². The van der Waals surface area contributed by atoms with Crippen molar-refractivity contribution >= 4 is 64.1 Å². The lowest BCUT2D eigenvalue weighted by atomic mass is 10.1. The Kier molecular flexibility index (Phi) is 7.36. The molecular formula is C18H9Cl4N3O2. The molecule has 0 heterocycles. The summed E-state index contributed by atoms with van der Waals surface area (Å²) in [5.74, 6) is -0.538. The van der Waals surface area contributed by atoms with Crippen molar-refractivity contribution in [3.05, 3.63) is 61.6 Å². The molecule has 1 amide bonds. The van der Waals surface area contributed by atoms with Gasteiger partial charge in [0, 0.05) is 0 Å². The molecule has 5 nitrogen and oxygen atoms in total. The number of amides is 1. The van der Waals surface area contributed by atoms with Crippen LogP contribution in [0.15, 0.2) is 35.9 Å². The van der Waals surface area contributed by atoms with Gasteiger partial charge in [0.1, 0.15) is 17.7 Å². The van der Waals surface area contributed by atoms with E-state index in [4.69, 9.17) is 56.4 Å². The first-order valence-electron chi connectivity index (χ1n) is 7.23. The van der Waals surface area contributed by atoms with Gasteiger partial charge in [-0.2, -0.15) is 10.5 Å². The first kappa shape index (κ1) is 20.9. The number of ether oxygens (including phenoxy) is 1. The number of hydrogen-bond acceptors (Lipinski definition) is 4. The molecule has 0 aliphatic carbocycles. The van der Waals surface area contributed by atoms with Crippen molar-refractivity contribution in [1.29, 1.82) is 10.5 Å². The molecule has 0 bridgehead atoms. The molecule has 27 heavy (non-hydrogen) atoms. The maximum Gasteiger partial charge on any atom is 0.266 e. The number of nitrogens with zero attached hydrogens (tertiary/aromatic N) is 2. The summed E-state index contributed by atoms with van der Waals surface area (Å²) < 4.78 is 5.14. The predicted octanol–water partition coefficient (Wildman–Crippen LogP) is 5.75. The van der Waals surface area contributed by atoms with Gasteiger partial charge in [0.2, 0.25) is 0 Å². The molecule has 136 valence electrons. The van der Waals surface area contributed by atoms with Gasteiger partial charge in [-0.05, 0) is 35.9 Å². The van der Waals surface area contributed by atoms with Gasteiger partial charge in [0.25, 0.3) is 5.91 Å². The molecular weight excluding hydrogens is 432 g/mol. The van der Waals surface area contributed by atoms with Crippen LogP contribution in [-0.4, -0.2) is 12.5 Å². The Morgan fingerprint density at radius 2 is 1.78 bits per heavy atom. The van der Waals surface area contributed by atoms with Crippen LogP contribution < -0.4 is 10.1 Å². The highest BCUT2D eigenvalue weighted by Crippen LogP contribution is 2.35. The van der Waals surface area contributed by atoms with Crippen molar-refractivity contribution in [3.63, 3.8) is 0 Å². The van der Waals surface area contributed by atoms with E-state index >= 15 is 0 Å². The Balaban J connectivity index is 2.30. The van der Waals surface area contributed by atoms with Gasteiger partial charge in [-0.25, -0.2) is 0 Å². The molecule has 0 radical (unpaired) electrons. The number of nitrogens with one attached hydrogen (secondary N) is 1. The molecule has 0 aliphatic rings. The quantitative estimate of drug-likeness (QED) is 0.473. The van der Waals surface area contributed by atoms with E-state index < -0.39 is 5.91 Å². The van der Waals surface area contributed by atoms with Crippen molar-refractivity contribution in [2.75, 3.05) is 11.9 Å². The third-order valence-corrected chi connectivity index (χ3v) is 4.56. The monoisotopic (exact) mass is 439 g/mol. The van der Waals surface area contributed by atoms with Gasteiger partial charge in [-0.1, -0.05) is 52.5 Å². The van der Waals surface area contributed by atoms with Crippen molar-refractivity contribution in [3.8, 4) is 17.9 Å². The maximum absolute atomic E-state index is 12.4. The molecule has 0 unspecified atom stereocenters. The van der Waals surface area contributed by atoms with E-state index in [2.05, 4.69) is 5.32 Å². The molecule has 2 rings (SSSR count). The van der Waals surface area contributed by atoms with Crippen LogP contribution in [-0.2, 0) is 4.79 Å². The van der Waals surface area contributed by atoms with Crippen LogP contribution in [0.2, 0.25) is 20.1 Å². The second-order valence-corrected chi connectivity index (χ2v) is 6.59. The smallest absolute Gasteiger partial charge is 0.266 e. The summed E-state index contributed by atoms with van der Waals surface area (Å²) in [6, 6.07) is 11.3. The third-order valence-electron chi connectivity index (χ3n) is 3.18. The van der Waals surface area contributed by atoms with Gasteiger partial charge in [0.15, 0.2) is 12.4 Å². The predicted molar refractivity (Wildman–Crippen MR) is 106 cm³/mol. The molecule has 2 aromatic carbocycles. The van der Waals surface area contributed by atoms with Gasteiger partial charge in [0.05, 0.1) is 25.8 Å². The molecule has 0 spiro atoms.